The molecule has 1 rings (SSSR count). The Balaban J connectivity index is 2.72. The molecule has 5 nitrogen and oxygen atoms in total. The average Bonchev–Trinajstić information content (AvgIpc) is 2.17. The highest BCUT2D eigenvalue weighted by molar-refractivity contribution is 5.48. The van der Waals surface area contributed by atoms with Crippen LogP contribution in [0.5, 0.6) is 0 Å². The Hall–Kier alpha value is -1.52. The normalized spacial score (nSPS) is 12.8. The molecule has 0 aliphatic carbocycles. The minimum Gasteiger partial charge on any atom is -0.383 e. The van der Waals surface area contributed by atoms with Gasteiger partial charge in [0.1, 0.15) is 11.6 Å². The summed E-state index contributed by atoms with van der Waals surface area (Å²) in [5, 5.41) is 3.31. The van der Waals surface area contributed by atoms with Crippen LogP contribution >= 0.6 is 0 Å². The Labute approximate surface area is 96.7 Å². The molecule has 0 bridgehead atoms. The standard InChI is InChI=1S/C11H21N5/c1-4-8(5-2)7(3)14-10-6-9(12)15-11(13)16-10/h6-8H,4-5H2,1-3H3,(H5,12,13,14,15,16). The van der Waals surface area contributed by atoms with E-state index in [-0.39, 0.29) is 5.95 Å². The summed E-state index contributed by atoms with van der Waals surface area (Å²) in [4.78, 5) is 7.93. The van der Waals surface area contributed by atoms with Crippen molar-refractivity contribution in [3.05, 3.63) is 6.07 Å². The molecule has 1 aromatic heterocycles. The molecule has 16 heavy (non-hydrogen) atoms. The van der Waals surface area contributed by atoms with E-state index in [0.29, 0.717) is 23.6 Å². The first-order valence-electron chi connectivity index (χ1n) is 5.73. The first-order chi connectivity index (χ1) is 7.56. The maximum atomic E-state index is 5.61. The number of anilines is 3. The van der Waals surface area contributed by atoms with Crippen LogP contribution in [0.25, 0.3) is 0 Å². The third-order valence-corrected chi connectivity index (χ3v) is 2.89. The smallest absolute Gasteiger partial charge is 0.223 e. The van der Waals surface area contributed by atoms with E-state index in [1.165, 1.54) is 0 Å². The summed E-state index contributed by atoms with van der Waals surface area (Å²) in [7, 11) is 0. The van der Waals surface area contributed by atoms with E-state index in [9.17, 15) is 0 Å². The molecule has 1 atom stereocenters. The fraction of sp³-hybridized carbons (Fsp3) is 0.636. The van der Waals surface area contributed by atoms with Gasteiger partial charge < -0.3 is 16.8 Å². The first-order valence-corrected chi connectivity index (χ1v) is 5.73. The highest BCUT2D eigenvalue weighted by Crippen LogP contribution is 2.18. The Morgan fingerprint density at radius 1 is 1.25 bits per heavy atom. The minimum absolute atomic E-state index is 0.208. The van der Waals surface area contributed by atoms with Crippen molar-refractivity contribution < 1.29 is 0 Å². The summed E-state index contributed by atoms with van der Waals surface area (Å²) in [6.45, 7) is 6.52. The number of nitrogens with one attached hydrogen (secondary N) is 1. The molecule has 0 aliphatic heterocycles. The number of hydrogen-bond acceptors (Lipinski definition) is 5. The summed E-state index contributed by atoms with van der Waals surface area (Å²) in [5.74, 6) is 1.92. The molecule has 0 aromatic carbocycles. The lowest BCUT2D eigenvalue weighted by molar-refractivity contribution is 0.437. The third-order valence-electron chi connectivity index (χ3n) is 2.89. The van der Waals surface area contributed by atoms with Crippen molar-refractivity contribution in [1.82, 2.24) is 9.97 Å². The van der Waals surface area contributed by atoms with Gasteiger partial charge in [0.2, 0.25) is 5.95 Å². The monoisotopic (exact) mass is 223 g/mol. The van der Waals surface area contributed by atoms with Gasteiger partial charge in [-0.05, 0) is 12.8 Å². The Morgan fingerprint density at radius 3 is 2.38 bits per heavy atom. The molecule has 0 saturated carbocycles. The van der Waals surface area contributed by atoms with Gasteiger partial charge in [0.25, 0.3) is 0 Å². The van der Waals surface area contributed by atoms with E-state index in [1.807, 2.05) is 0 Å². The fourth-order valence-corrected chi connectivity index (χ4v) is 1.91. The van der Waals surface area contributed by atoms with E-state index in [0.717, 1.165) is 12.8 Å². The molecular weight excluding hydrogens is 202 g/mol. The summed E-state index contributed by atoms with van der Waals surface area (Å²) in [5.41, 5.74) is 11.1. The molecule has 0 spiro atoms. The maximum absolute atomic E-state index is 5.61. The predicted octanol–water partition coefficient (Wildman–Crippen LogP) is 1.88. The van der Waals surface area contributed by atoms with Crippen molar-refractivity contribution in [3.63, 3.8) is 0 Å². The zero-order valence-corrected chi connectivity index (χ0v) is 10.2. The van der Waals surface area contributed by atoms with Crippen molar-refractivity contribution in [2.75, 3.05) is 16.8 Å². The van der Waals surface area contributed by atoms with Crippen LogP contribution in [0.15, 0.2) is 6.07 Å². The van der Waals surface area contributed by atoms with E-state index in [2.05, 4.69) is 36.1 Å². The zero-order valence-electron chi connectivity index (χ0n) is 10.2. The second kappa shape index (κ2) is 5.53. The molecule has 1 aromatic rings. The first kappa shape index (κ1) is 12.5. The van der Waals surface area contributed by atoms with E-state index in [4.69, 9.17) is 11.5 Å². The lowest BCUT2D eigenvalue weighted by Gasteiger charge is -2.23. The molecule has 90 valence electrons. The quantitative estimate of drug-likeness (QED) is 0.709. The van der Waals surface area contributed by atoms with Gasteiger partial charge in [-0.2, -0.15) is 9.97 Å². The Kier molecular flexibility index (Phi) is 4.34. The highest BCUT2D eigenvalue weighted by Gasteiger charge is 2.13. The number of hydrogen-bond donors (Lipinski definition) is 3. The van der Waals surface area contributed by atoms with Gasteiger partial charge in [-0.3, -0.25) is 0 Å². The summed E-state index contributed by atoms with van der Waals surface area (Å²) in [6, 6.07) is 2.05. The lowest BCUT2D eigenvalue weighted by Crippen LogP contribution is -2.25. The number of nitrogens with two attached hydrogens (primary N) is 2. The molecule has 1 unspecified atom stereocenters. The topological polar surface area (TPSA) is 89.8 Å². The maximum Gasteiger partial charge on any atom is 0.223 e. The van der Waals surface area contributed by atoms with Gasteiger partial charge in [-0.1, -0.05) is 26.7 Å². The minimum atomic E-state index is 0.208. The van der Waals surface area contributed by atoms with Gasteiger partial charge in [-0.25, -0.2) is 0 Å². The van der Waals surface area contributed by atoms with Crippen molar-refractivity contribution >= 4 is 17.6 Å². The van der Waals surface area contributed by atoms with Gasteiger partial charge in [-0.15, -0.1) is 0 Å². The highest BCUT2D eigenvalue weighted by atomic mass is 15.1. The summed E-state index contributed by atoms with van der Waals surface area (Å²) in [6.07, 6.45) is 2.28. The van der Waals surface area contributed by atoms with Crippen LogP contribution in [-0.4, -0.2) is 16.0 Å². The molecule has 1 heterocycles. The van der Waals surface area contributed by atoms with E-state index < -0.39 is 0 Å². The largest absolute Gasteiger partial charge is 0.383 e. The molecule has 0 aliphatic rings. The molecule has 5 N–H and O–H groups in total. The summed E-state index contributed by atoms with van der Waals surface area (Å²) >= 11 is 0. The molecular formula is C11H21N5. The molecule has 0 fully saturated rings. The van der Waals surface area contributed by atoms with Crippen molar-refractivity contribution in [1.29, 1.82) is 0 Å². The van der Waals surface area contributed by atoms with Crippen LogP contribution in [0, 0.1) is 5.92 Å². The number of nitrogen functional groups attached to an aromatic ring is 2. The number of nitrogens with zero attached hydrogens (tertiary/aromatic N) is 2. The van der Waals surface area contributed by atoms with Crippen LogP contribution in [-0.2, 0) is 0 Å². The van der Waals surface area contributed by atoms with Gasteiger partial charge in [0.15, 0.2) is 0 Å². The molecule has 0 radical (unpaired) electrons. The van der Waals surface area contributed by atoms with Crippen molar-refractivity contribution in [2.24, 2.45) is 5.92 Å². The van der Waals surface area contributed by atoms with Crippen molar-refractivity contribution in [3.8, 4) is 0 Å². The number of aromatic nitrogens is 2. The molecule has 0 amide bonds. The van der Waals surface area contributed by atoms with Crippen LogP contribution in [0.4, 0.5) is 17.6 Å². The van der Waals surface area contributed by atoms with E-state index in [1.54, 1.807) is 6.07 Å². The SMILES string of the molecule is CCC(CC)C(C)Nc1cc(N)nc(N)n1. The zero-order chi connectivity index (χ0) is 12.1. The summed E-state index contributed by atoms with van der Waals surface area (Å²) < 4.78 is 0. The molecule has 0 saturated heterocycles. The average molecular weight is 223 g/mol. The van der Waals surface area contributed by atoms with Crippen LogP contribution in [0.3, 0.4) is 0 Å². The predicted molar refractivity (Wildman–Crippen MR) is 68.0 cm³/mol. The van der Waals surface area contributed by atoms with Crippen LogP contribution < -0.4 is 16.8 Å². The van der Waals surface area contributed by atoms with Crippen LogP contribution in [0.1, 0.15) is 33.6 Å². The Bertz CT molecular complexity index is 315. The van der Waals surface area contributed by atoms with E-state index >= 15 is 0 Å². The van der Waals surface area contributed by atoms with Gasteiger partial charge >= 0.3 is 0 Å². The third kappa shape index (κ3) is 3.25. The van der Waals surface area contributed by atoms with Crippen molar-refractivity contribution in [2.45, 2.75) is 39.7 Å². The van der Waals surface area contributed by atoms with Gasteiger partial charge in [0, 0.05) is 12.1 Å². The number of rotatable bonds is 5. The fourth-order valence-electron chi connectivity index (χ4n) is 1.91. The molecule has 5 heteroatoms. The second-order valence-electron chi connectivity index (χ2n) is 4.05. The van der Waals surface area contributed by atoms with Crippen LogP contribution in [0.2, 0.25) is 0 Å². The lowest BCUT2D eigenvalue weighted by atomic mass is 9.95. The van der Waals surface area contributed by atoms with Gasteiger partial charge in [0.05, 0.1) is 0 Å². The Morgan fingerprint density at radius 2 is 1.88 bits per heavy atom. The second-order valence-corrected chi connectivity index (χ2v) is 4.05.